The number of likely N-dealkylation sites (tertiary alicyclic amines) is 1. The van der Waals surface area contributed by atoms with Crippen molar-refractivity contribution in [3.05, 3.63) is 53.9 Å². The van der Waals surface area contributed by atoms with Crippen molar-refractivity contribution < 1.29 is 4.79 Å². The Morgan fingerprint density at radius 2 is 1.79 bits per heavy atom. The first-order valence-corrected chi connectivity index (χ1v) is 8.56. The molecule has 5 nitrogen and oxygen atoms in total. The Hall–Kier alpha value is -2.43. The zero-order valence-corrected chi connectivity index (χ0v) is 14.3. The predicted molar refractivity (Wildman–Crippen MR) is 94.8 cm³/mol. The number of nitrogens with one attached hydrogen (secondary N) is 1. The van der Waals surface area contributed by atoms with Gasteiger partial charge in [-0.1, -0.05) is 37.3 Å². The summed E-state index contributed by atoms with van der Waals surface area (Å²) in [5, 5.41) is 3.26. The Morgan fingerprint density at radius 3 is 2.42 bits per heavy atom. The van der Waals surface area contributed by atoms with E-state index < -0.39 is 0 Å². The van der Waals surface area contributed by atoms with Gasteiger partial charge in [-0.2, -0.15) is 0 Å². The number of hydrogen-bond acceptors (Lipinski definition) is 4. The van der Waals surface area contributed by atoms with E-state index in [0.717, 1.165) is 25.9 Å². The molecular weight excluding hydrogens is 300 g/mol. The van der Waals surface area contributed by atoms with Crippen LogP contribution in [-0.2, 0) is 0 Å². The van der Waals surface area contributed by atoms with E-state index in [1.807, 2.05) is 23.1 Å². The van der Waals surface area contributed by atoms with Gasteiger partial charge < -0.3 is 10.2 Å². The van der Waals surface area contributed by atoms with Gasteiger partial charge in [-0.15, -0.1) is 0 Å². The topological polar surface area (TPSA) is 58.1 Å². The zero-order valence-electron chi connectivity index (χ0n) is 14.3. The van der Waals surface area contributed by atoms with E-state index in [1.165, 1.54) is 5.56 Å². The molecule has 0 aliphatic carbocycles. The number of aromatic nitrogens is 2. The van der Waals surface area contributed by atoms with Crippen LogP contribution >= 0.6 is 0 Å². The second kappa shape index (κ2) is 7.43. The minimum atomic E-state index is 0.0320. The smallest absolute Gasteiger partial charge is 0.256 e. The van der Waals surface area contributed by atoms with E-state index in [1.54, 1.807) is 12.4 Å². The summed E-state index contributed by atoms with van der Waals surface area (Å²) in [5.74, 6) is 1.27. The highest BCUT2D eigenvalue weighted by Crippen LogP contribution is 2.19. The lowest BCUT2D eigenvalue weighted by Gasteiger charge is -2.30. The van der Waals surface area contributed by atoms with Crippen LogP contribution in [0.4, 0.5) is 5.95 Å². The molecule has 5 heteroatoms. The molecule has 1 aliphatic heterocycles. The molecule has 0 radical (unpaired) electrons. The second-order valence-corrected chi connectivity index (χ2v) is 6.55. The summed E-state index contributed by atoms with van der Waals surface area (Å²) in [6.07, 6.45) is 5.38. The van der Waals surface area contributed by atoms with Crippen molar-refractivity contribution in [2.45, 2.75) is 32.7 Å². The van der Waals surface area contributed by atoms with Crippen molar-refractivity contribution in [1.82, 2.24) is 14.9 Å². The van der Waals surface area contributed by atoms with Gasteiger partial charge in [-0.3, -0.25) is 4.79 Å². The number of rotatable bonds is 4. The third-order valence-corrected chi connectivity index (χ3v) is 4.61. The summed E-state index contributed by atoms with van der Waals surface area (Å²) >= 11 is 0. The molecule has 1 atom stereocenters. The first-order chi connectivity index (χ1) is 11.6. The zero-order chi connectivity index (χ0) is 16.9. The first kappa shape index (κ1) is 16.4. The number of nitrogens with zero attached hydrogens (tertiary/aromatic N) is 3. The van der Waals surface area contributed by atoms with Crippen LogP contribution in [0.15, 0.2) is 42.7 Å². The molecule has 24 heavy (non-hydrogen) atoms. The van der Waals surface area contributed by atoms with Gasteiger partial charge in [0.1, 0.15) is 0 Å². The van der Waals surface area contributed by atoms with Gasteiger partial charge >= 0.3 is 0 Å². The number of benzene rings is 1. The van der Waals surface area contributed by atoms with Crippen LogP contribution in [-0.4, -0.2) is 33.9 Å². The second-order valence-electron chi connectivity index (χ2n) is 6.55. The summed E-state index contributed by atoms with van der Waals surface area (Å²) in [4.78, 5) is 23.0. The Morgan fingerprint density at radius 1 is 1.17 bits per heavy atom. The quantitative estimate of drug-likeness (QED) is 0.935. The van der Waals surface area contributed by atoms with Gasteiger partial charge in [0.25, 0.3) is 5.91 Å². The molecule has 1 aliphatic rings. The normalized spacial score (nSPS) is 16.7. The van der Waals surface area contributed by atoms with Gasteiger partial charge in [0.05, 0.1) is 11.6 Å². The minimum Gasteiger partial charge on any atom is -0.348 e. The number of carbonyl (C=O) groups excluding carboxylic acids is 1. The molecule has 1 amide bonds. The molecule has 126 valence electrons. The van der Waals surface area contributed by atoms with Gasteiger partial charge in [0.15, 0.2) is 0 Å². The Labute approximate surface area is 143 Å². The molecular formula is C19H24N4O. The molecule has 1 unspecified atom stereocenters. The fraction of sp³-hybridized carbons (Fsp3) is 0.421. The molecule has 2 heterocycles. The maximum Gasteiger partial charge on any atom is 0.256 e. The number of carbonyl (C=O) groups is 1. The summed E-state index contributed by atoms with van der Waals surface area (Å²) < 4.78 is 0. The molecule has 1 saturated heterocycles. The molecule has 0 spiro atoms. The lowest BCUT2D eigenvalue weighted by Crippen LogP contribution is -2.38. The van der Waals surface area contributed by atoms with Crippen LogP contribution in [0.3, 0.4) is 0 Å². The van der Waals surface area contributed by atoms with E-state index in [-0.39, 0.29) is 11.9 Å². The molecule has 3 rings (SSSR count). The van der Waals surface area contributed by atoms with Crippen LogP contribution in [0.5, 0.6) is 0 Å². The highest BCUT2D eigenvalue weighted by molar-refractivity contribution is 5.93. The lowest BCUT2D eigenvalue weighted by atomic mass is 9.99. The van der Waals surface area contributed by atoms with E-state index in [2.05, 4.69) is 41.3 Å². The van der Waals surface area contributed by atoms with Crippen molar-refractivity contribution >= 4 is 11.9 Å². The first-order valence-electron chi connectivity index (χ1n) is 8.56. The van der Waals surface area contributed by atoms with Crippen LogP contribution in [0, 0.1) is 5.92 Å². The number of piperidine rings is 1. The van der Waals surface area contributed by atoms with Crippen LogP contribution < -0.4 is 5.32 Å². The maximum atomic E-state index is 12.5. The minimum absolute atomic E-state index is 0.0320. The van der Waals surface area contributed by atoms with Gasteiger partial charge in [0, 0.05) is 25.5 Å². The van der Waals surface area contributed by atoms with Crippen LogP contribution in [0.25, 0.3) is 0 Å². The summed E-state index contributed by atoms with van der Waals surface area (Å²) in [6.45, 7) is 5.95. The van der Waals surface area contributed by atoms with E-state index >= 15 is 0 Å². The average Bonchev–Trinajstić information content (AvgIpc) is 2.63. The molecule has 1 fully saturated rings. The Balaban J connectivity index is 1.62. The molecule has 0 saturated carbocycles. The van der Waals surface area contributed by atoms with Gasteiger partial charge in [0.2, 0.25) is 5.95 Å². The number of anilines is 1. The van der Waals surface area contributed by atoms with Crippen LogP contribution in [0.1, 0.15) is 48.7 Å². The summed E-state index contributed by atoms with van der Waals surface area (Å²) in [7, 11) is 0. The third kappa shape index (κ3) is 3.91. The monoisotopic (exact) mass is 324 g/mol. The maximum absolute atomic E-state index is 12.5. The van der Waals surface area contributed by atoms with Crippen molar-refractivity contribution in [2.24, 2.45) is 5.92 Å². The largest absolute Gasteiger partial charge is 0.348 e. The molecule has 1 N–H and O–H groups in total. The number of hydrogen-bond donors (Lipinski definition) is 1. The van der Waals surface area contributed by atoms with Gasteiger partial charge in [-0.05, 0) is 31.2 Å². The predicted octanol–water partition coefficient (Wildman–Crippen LogP) is 3.52. The Kier molecular flexibility index (Phi) is 5.08. The standard InChI is InChI=1S/C19H24N4O/c1-14-8-10-23(11-9-14)18(24)17-12-20-19(21-13-17)22-15(2)16-6-4-3-5-7-16/h3-7,12-15H,8-11H2,1-2H3,(H,20,21,22). The highest BCUT2D eigenvalue weighted by atomic mass is 16.2. The molecule has 1 aromatic carbocycles. The fourth-order valence-electron chi connectivity index (χ4n) is 2.93. The molecule has 2 aromatic rings. The van der Waals surface area contributed by atoms with Crippen molar-refractivity contribution in [3.63, 3.8) is 0 Å². The Bertz CT molecular complexity index is 664. The van der Waals surface area contributed by atoms with E-state index in [0.29, 0.717) is 17.4 Å². The van der Waals surface area contributed by atoms with Crippen LogP contribution in [0.2, 0.25) is 0 Å². The third-order valence-electron chi connectivity index (χ3n) is 4.61. The SMILES string of the molecule is CC1CCN(C(=O)c2cnc(NC(C)c3ccccc3)nc2)CC1. The average molecular weight is 324 g/mol. The molecule has 0 bridgehead atoms. The number of amides is 1. The molecule has 1 aromatic heterocycles. The van der Waals surface area contributed by atoms with E-state index in [9.17, 15) is 4.79 Å². The highest BCUT2D eigenvalue weighted by Gasteiger charge is 2.22. The van der Waals surface area contributed by atoms with Gasteiger partial charge in [-0.25, -0.2) is 9.97 Å². The van der Waals surface area contributed by atoms with Crippen molar-refractivity contribution in [1.29, 1.82) is 0 Å². The lowest BCUT2D eigenvalue weighted by molar-refractivity contribution is 0.0696. The van der Waals surface area contributed by atoms with Crippen molar-refractivity contribution in [2.75, 3.05) is 18.4 Å². The summed E-state index contributed by atoms with van der Waals surface area (Å²) in [6, 6.07) is 10.2. The van der Waals surface area contributed by atoms with Crippen molar-refractivity contribution in [3.8, 4) is 0 Å². The summed E-state index contributed by atoms with van der Waals surface area (Å²) in [5.41, 5.74) is 1.73. The van der Waals surface area contributed by atoms with E-state index in [4.69, 9.17) is 0 Å². The fourth-order valence-corrected chi connectivity index (χ4v) is 2.93.